The number of carbonyl (C=O) groups excluding carboxylic acids is 1. The lowest BCUT2D eigenvalue weighted by Crippen LogP contribution is -2.40. The smallest absolute Gasteiger partial charge is 0.253 e. The fourth-order valence-electron chi connectivity index (χ4n) is 3.94. The summed E-state index contributed by atoms with van der Waals surface area (Å²) in [6.45, 7) is 8.18. The van der Waals surface area contributed by atoms with Crippen LogP contribution in [-0.2, 0) is 23.2 Å². The summed E-state index contributed by atoms with van der Waals surface area (Å²) in [5.41, 5.74) is 2.06. The van der Waals surface area contributed by atoms with Crippen molar-refractivity contribution >= 4 is 16.9 Å². The normalized spacial score (nSPS) is 15.6. The van der Waals surface area contributed by atoms with E-state index < -0.39 is 0 Å². The summed E-state index contributed by atoms with van der Waals surface area (Å²) in [5.74, 6) is 0.433. The van der Waals surface area contributed by atoms with Crippen molar-refractivity contribution in [2.24, 2.45) is 5.92 Å². The maximum Gasteiger partial charge on any atom is 0.253 e. The van der Waals surface area contributed by atoms with Gasteiger partial charge in [-0.25, -0.2) is 4.98 Å². The van der Waals surface area contributed by atoms with Crippen LogP contribution < -0.4 is 5.56 Å². The minimum atomic E-state index is -0.140. The number of aromatic nitrogens is 3. The lowest BCUT2D eigenvalue weighted by molar-refractivity contribution is -0.132. The summed E-state index contributed by atoms with van der Waals surface area (Å²) in [4.78, 5) is 31.6. The number of hydrogen-bond donors (Lipinski definition) is 0. The van der Waals surface area contributed by atoms with E-state index in [0.717, 1.165) is 23.9 Å². The van der Waals surface area contributed by atoms with E-state index in [2.05, 4.69) is 10.1 Å². The fourth-order valence-corrected chi connectivity index (χ4v) is 3.94. The molecule has 0 saturated carbocycles. The molecule has 0 bridgehead atoms. The molecular formula is C23H28N4O3. The summed E-state index contributed by atoms with van der Waals surface area (Å²) in [6, 6.07) is 9.23. The van der Waals surface area contributed by atoms with Crippen LogP contribution in [-0.4, -0.2) is 38.6 Å². The first kappa shape index (κ1) is 20.3. The third kappa shape index (κ3) is 4.30. The van der Waals surface area contributed by atoms with Gasteiger partial charge in [-0.3, -0.25) is 14.2 Å². The van der Waals surface area contributed by atoms with Gasteiger partial charge in [0, 0.05) is 36.5 Å². The van der Waals surface area contributed by atoms with Crippen LogP contribution >= 0.6 is 0 Å². The van der Waals surface area contributed by atoms with Gasteiger partial charge in [0.2, 0.25) is 5.91 Å². The number of likely N-dealkylation sites (tertiary alicyclic amines) is 1. The Morgan fingerprint density at radius 3 is 2.63 bits per heavy atom. The number of rotatable bonds is 4. The Balaban J connectivity index is 1.34. The molecule has 7 heteroatoms. The summed E-state index contributed by atoms with van der Waals surface area (Å²) in [7, 11) is 0. The van der Waals surface area contributed by atoms with Crippen LogP contribution in [0.4, 0.5) is 0 Å². The van der Waals surface area contributed by atoms with E-state index in [-0.39, 0.29) is 23.3 Å². The Labute approximate surface area is 175 Å². The zero-order valence-corrected chi connectivity index (χ0v) is 17.8. The van der Waals surface area contributed by atoms with E-state index in [0.29, 0.717) is 36.8 Å². The standard InChI is InChI=1S/C23H28N4O3/c1-23(2,3)20-13-22(29)27(15-24-20)14-16-8-10-26(11-9-16)21(28)12-18-17-6-4-5-7-19(17)30-25-18/h4-7,13,15-16H,8-12,14H2,1-3H3. The molecule has 1 aliphatic rings. The van der Waals surface area contributed by atoms with Crippen LogP contribution in [0, 0.1) is 5.92 Å². The zero-order chi connectivity index (χ0) is 21.3. The molecule has 2 aromatic heterocycles. The molecule has 4 rings (SSSR count). The van der Waals surface area contributed by atoms with Gasteiger partial charge in [0.25, 0.3) is 5.56 Å². The predicted octanol–water partition coefficient (Wildman–Crippen LogP) is 3.16. The molecular weight excluding hydrogens is 380 g/mol. The third-order valence-corrected chi connectivity index (χ3v) is 5.84. The highest BCUT2D eigenvalue weighted by Gasteiger charge is 2.25. The van der Waals surface area contributed by atoms with Crippen molar-refractivity contribution < 1.29 is 9.32 Å². The van der Waals surface area contributed by atoms with E-state index in [1.165, 1.54) is 0 Å². The molecule has 0 radical (unpaired) electrons. The molecule has 3 aromatic rings. The molecule has 1 aromatic carbocycles. The summed E-state index contributed by atoms with van der Waals surface area (Å²) < 4.78 is 7.00. The Morgan fingerprint density at radius 2 is 1.93 bits per heavy atom. The van der Waals surface area contributed by atoms with Gasteiger partial charge in [0.1, 0.15) is 5.69 Å². The second-order valence-corrected chi connectivity index (χ2v) is 9.14. The minimum absolute atomic E-state index is 0.00802. The second kappa shape index (κ2) is 8.05. The van der Waals surface area contributed by atoms with Gasteiger partial charge in [-0.05, 0) is 30.9 Å². The van der Waals surface area contributed by atoms with Crippen LogP contribution in [0.2, 0.25) is 0 Å². The van der Waals surface area contributed by atoms with Crippen molar-refractivity contribution in [2.45, 2.75) is 52.0 Å². The first-order chi connectivity index (χ1) is 14.3. The Kier molecular flexibility index (Phi) is 5.45. The van der Waals surface area contributed by atoms with E-state index in [4.69, 9.17) is 4.52 Å². The molecule has 0 aliphatic carbocycles. The molecule has 1 aliphatic heterocycles. The number of benzene rings is 1. The predicted molar refractivity (Wildman–Crippen MR) is 114 cm³/mol. The number of fused-ring (bicyclic) bond motifs is 1. The summed E-state index contributed by atoms with van der Waals surface area (Å²) in [6.07, 6.45) is 3.66. The van der Waals surface area contributed by atoms with Gasteiger partial charge < -0.3 is 9.42 Å². The number of amides is 1. The van der Waals surface area contributed by atoms with E-state index >= 15 is 0 Å². The Morgan fingerprint density at radius 1 is 1.20 bits per heavy atom. The summed E-state index contributed by atoms with van der Waals surface area (Å²) in [5, 5.41) is 4.96. The first-order valence-corrected chi connectivity index (χ1v) is 10.5. The van der Waals surface area contributed by atoms with Crippen molar-refractivity contribution in [3.05, 3.63) is 58.4 Å². The number of hydrogen-bond acceptors (Lipinski definition) is 5. The monoisotopic (exact) mass is 408 g/mol. The van der Waals surface area contributed by atoms with Crippen LogP contribution in [0.5, 0.6) is 0 Å². The maximum absolute atomic E-state index is 12.7. The molecule has 1 amide bonds. The highest BCUT2D eigenvalue weighted by atomic mass is 16.5. The van der Waals surface area contributed by atoms with Crippen molar-refractivity contribution in [3.63, 3.8) is 0 Å². The molecule has 0 unspecified atom stereocenters. The Hall–Kier alpha value is -2.96. The number of carbonyl (C=O) groups is 1. The molecule has 0 N–H and O–H groups in total. The van der Waals surface area contributed by atoms with Crippen molar-refractivity contribution in [2.75, 3.05) is 13.1 Å². The van der Waals surface area contributed by atoms with Crippen LogP contribution in [0.25, 0.3) is 11.0 Å². The Bertz CT molecular complexity index is 1100. The van der Waals surface area contributed by atoms with Crippen molar-refractivity contribution in [1.82, 2.24) is 19.6 Å². The summed E-state index contributed by atoms with van der Waals surface area (Å²) >= 11 is 0. The molecule has 1 saturated heterocycles. The topological polar surface area (TPSA) is 81.2 Å². The molecule has 0 atom stereocenters. The molecule has 1 fully saturated rings. The quantitative estimate of drug-likeness (QED) is 0.662. The van der Waals surface area contributed by atoms with E-state index in [1.54, 1.807) is 17.0 Å². The first-order valence-electron chi connectivity index (χ1n) is 10.5. The lowest BCUT2D eigenvalue weighted by Gasteiger charge is -2.32. The molecule has 7 nitrogen and oxygen atoms in total. The van der Waals surface area contributed by atoms with Gasteiger partial charge in [0.15, 0.2) is 5.58 Å². The molecule has 30 heavy (non-hydrogen) atoms. The molecule has 0 spiro atoms. The minimum Gasteiger partial charge on any atom is -0.356 e. The van der Waals surface area contributed by atoms with Gasteiger partial charge in [0.05, 0.1) is 18.4 Å². The average molecular weight is 409 g/mol. The van der Waals surface area contributed by atoms with Gasteiger partial charge >= 0.3 is 0 Å². The molecule has 3 heterocycles. The zero-order valence-electron chi connectivity index (χ0n) is 17.8. The highest BCUT2D eigenvalue weighted by molar-refractivity contribution is 5.86. The number of nitrogens with zero attached hydrogens (tertiary/aromatic N) is 4. The van der Waals surface area contributed by atoms with Crippen LogP contribution in [0.1, 0.15) is 45.0 Å². The number of piperidine rings is 1. The largest absolute Gasteiger partial charge is 0.356 e. The fraction of sp³-hybridized carbons (Fsp3) is 0.478. The highest BCUT2D eigenvalue weighted by Crippen LogP contribution is 2.22. The van der Waals surface area contributed by atoms with Crippen molar-refractivity contribution in [1.29, 1.82) is 0 Å². The maximum atomic E-state index is 12.7. The van der Waals surface area contributed by atoms with Gasteiger partial charge in [-0.15, -0.1) is 0 Å². The SMILES string of the molecule is CC(C)(C)c1cc(=O)n(CC2CCN(C(=O)Cc3noc4ccccc34)CC2)cn1. The average Bonchev–Trinajstić information content (AvgIpc) is 3.12. The van der Waals surface area contributed by atoms with Crippen molar-refractivity contribution in [3.8, 4) is 0 Å². The van der Waals surface area contributed by atoms with E-state index in [9.17, 15) is 9.59 Å². The number of para-hydroxylation sites is 1. The van der Waals surface area contributed by atoms with E-state index in [1.807, 2.05) is 49.9 Å². The van der Waals surface area contributed by atoms with Crippen LogP contribution in [0.15, 0.2) is 46.0 Å². The van der Waals surface area contributed by atoms with Gasteiger partial charge in [-0.2, -0.15) is 0 Å². The van der Waals surface area contributed by atoms with Crippen LogP contribution in [0.3, 0.4) is 0 Å². The lowest BCUT2D eigenvalue weighted by atomic mass is 9.92. The molecule has 158 valence electrons. The second-order valence-electron chi connectivity index (χ2n) is 9.14. The van der Waals surface area contributed by atoms with Gasteiger partial charge in [-0.1, -0.05) is 38.1 Å². The third-order valence-electron chi connectivity index (χ3n) is 5.84.